The number of rotatable bonds is 12. The number of sulfonamides is 1. The third-order valence-corrected chi connectivity index (χ3v) is 8.44. The molecular weight excluding hydrogens is 534 g/mol. The summed E-state index contributed by atoms with van der Waals surface area (Å²) >= 11 is 6.43. The molecule has 3 aromatic rings. The number of hydrogen-bond acceptors (Lipinski definition) is 4. The van der Waals surface area contributed by atoms with Crippen LogP contribution in [-0.4, -0.2) is 50.8 Å². The van der Waals surface area contributed by atoms with Crippen LogP contribution in [-0.2, 0) is 26.0 Å². The molecule has 0 aromatic heterocycles. The van der Waals surface area contributed by atoms with Crippen molar-refractivity contribution in [1.29, 1.82) is 0 Å². The van der Waals surface area contributed by atoms with E-state index in [1.165, 1.54) is 17.0 Å². The summed E-state index contributed by atoms with van der Waals surface area (Å²) in [6.07, 6.45) is 0.505. The monoisotopic (exact) mass is 569 g/mol. The van der Waals surface area contributed by atoms with Crippen molar-refractivity contribution in [2.45, 2.75) is 45.1 Å². The van der Waals surface area contributed by atoms with E-state index in [2.05, 4.69) is 5.32 Å². The molecule has 208 valence electrons. The highest BCUT2D eigenvalue weighted by molar-refractivity contribution is 7.92. The van der Waals surface area contributed by atoms with Gasteiger partial charge >= 0.3 is 0 Å². The smallest absolute Gasteiger partial charge is 0.264 e. The molecule has 9 heteroatoms. The minimum Gasteiger partial charge on any atom is -0.354 e. The van der Waals surface area contributed by atoms with E-state index in [1.807, 2.05) is 51.1 Å². The predicted molar refractivity (Wildman–Crippen MR) is 156 cm³/mol. The number of benzene rings is 3. The first-order chi connectivity index (χ1) is 18.5. The van der Waals surface area contributed by atoms with E-state index in [-0.39, 0.29) is 34.0 Å². The molecule has 0 saturated heterocycles. The van der Waals surface area contributed by atoms with Gasteiger partial charge in [-0.25, -0.2) is 8.42 Å². The van der Waals surface area contributed by atoms with Gasteiger partial charge in [0.25, 0.3) is 10.0 Å². The van der Waals surface area contributed by atoms with Crippen molar-refractivity contribution in [3.05, 3.63) is 95.0 Å². The van der Waals surface area contributed by atoms with E-state index < -0.39 is 28.5 Å². The fourth-order valence-corrected chi connectivity index (χ4v) is 5.75. The lowest BCUT2D eigenvalue weighted by atomic mass is 10.1. The highest BCUT2D eigenvalue weighted by Crippen LogP contribution is 2.30. The molecule has 0 saturated carbocycles. The van der Waals surface area contributed by atoms with Crippen LogP contribution in [0.15, 0.2) is 83.8 Å². The molecule has 0 aliphatic heterocycles. The third kappa shape index (κ3) is 8.07. The molecular formula is C30H36ClN3O4S. The average Bonchev–Trinajstić information content (AvgIpc) is 2.91. The van der Waals surface area contributed by atoms with Gasteiger partial charge in [0.15, 0.2) is 0 Å². The molecule has 1 unspecified atom stereocenters. The number of amides is 2. The van der Waals surface area contributed by atoms with Crippen LogP contribution in [0.25, 0.3) is 0 Å². The average molecular weight is 570 g/mol. The van der Waals surface area contributed by atoms with Crippen molar-refractivity contribution in [3.63, 3.8) is 0 Å². The molecule has 0 fully saturated rings. The number of carbonyl (C=O) groups excluding carboxylic acids is 2. The van der Waals surface area contributed by atoms with Crippen LogP contribution in [0, 0.1) is 12.8 Å². The molecule has 3 aromatic carbocycles. The maximum Gasteiger partial charge on any atom is 0.264 e. The molecule has 0 radical (unpaired) electrons. The maximum atomic E-state index is 13.9. The number of nitrogens with zero attached hydrogens (tertiary/aromatic N) is 2. The number of halogens is 1. The van der Waals surface area contributed by atoms with Gasteiger partial charge in [0.05, 0.1) is 15.6 Å². The van der Waals surface area contributed by atoms with Crippen molar-refractivity contribution in [2.75, 3.05) is 23.9 Å². The van der Waals surface area contributed by atoms with Gasteiger partial charge in [-0.1, -0.05) is 85.6 Å². The Morgan fingerprint density at radius 1 is 0.897 bits per heavy atom. The molecule has 1 N–H and O–H groups in total. The van der Waals surface area contributed by atoms with Gasteiger partial charge in [-0.15, -0.1) is 0 Å². The Morgan fingerprint density at radius 2 is 1.51 bits per heavy atom. The van der Waals surface area contributed by atoms with Crippen molar-refractivity contribution >= 4 is 39.1 Å². The van der Waals surface area contributed by atoms with Crippen molar-refractivity contribution in [1.82, 2.24) is 10.2 Å². The van der Waals surface area contributed by atoms with Crippen LogP contribution in [0.2, 0.25) is 5.02 Å². The SMILES string of the molecule is Cc1ccc(S(=O)(=O)N(CC(=O)N(CCc2ccccc2)C(C)C(=O)NCC(C)C)c2ccccc2Cl)cc1. The van der Waals surface area contributed by atoms with Gasteiger partial charge in [0, 0.05) is 13.1 Å². The topological polar surface area (TPSA) is 86.8 Å². The molecule has 39 heavy (non-hydrogen) atoms. The van der Waals surface area contributed by atoms with Crippen LogP contribution >= 0.6 is 11.6 Å². The predicted octanol–water partition coefficient (Wildman–Crippen LogP) is 5.08. The van der Waals surface area contributed by atoms with Gasteiger partial charge in [0.1, 0.15) is 12.6 Å². The lowest BCUT2D eigenvalue weighted by Crippen LogP contribution is -2.52. The van der Waals surface area contributed by atoms with Crippen molar-refractivity contribution in [3.8, 4) is 0 Å². The summed E-state index contributed by atoms with van der Waals surface area (Å²) in [6, 6.07) is 21.7. The highest BCUT2D eigenvalue weighted by Gasteiger charge is 2.33. The van der Waals surface area contributed by atoms with Gasteiger partial charge in [-0.3, -0.25) is 13.9 Å². The first-order valence-electron chi connectivity index (χ1n) is 13.0. The van der Waals surface area contributed by atoms with Gasteiger partial charge in [-0.05, 0) is 56.0 Å². The van der Waals surface area contributed by atoms with Crippen LogP contribution < -0.4 is 9.62 Å². The van der Waals surface area contributed by atoms with Crippen LogP contribution in [0.5, 0.6) is 0 Å². The second-order valence-corrected chi connectivity index (χ2v) is 12.2. The van der Waals surface area contributed by atoms with E-state index in [0.29, 0.717) is 13.0 Å². The second-order valence-electron chi connectivity index (χ2n) is 9.91. The lowest BCUT2D eigenvalue weighted by molar-refractivity contribution is -0.138. The zero-order chi connectivity index (χ0) is 28.6. The van der Waals surface area contributed by atoms with Crippen LogP contribution in [0.4, 0.5) is 5.69 Å². The number of hydrogen-bond donors (Lipinski definition) is 1. The number of para-hydroxylation sites is 1. The van der Waals surface area contributed by atoms with E-state index in [9.17, 15) is 18.0 Å². The highest BCUT2D eigenvalue weighted by atomic mass is 35.5. The standard InChI is InChI=1S/C30H36ClN3O4S/c1-22(2)20-32-30(36)24(4)33(19-18-25-10-6-5-7-11-25)29(35)21-34(28-13-9-8-12-27(28)31)39(37,38)26-16-14-23(3)15-17-26/h5-17,22,24H,18-21H2,1-4H3,(H,32,36). The van der Waals surface area contributed by atoms with Crippen molar-refractivity contribution in [2.24, 2.45) is 5.92 Å². The fraction of sp³-hybridized carbons (Fsp3) is 0.333. The molecule has 7 nitrogen and oxygen atoms in total. The maximum absolute atomic E-state index is 13.9. The molecule has 1 atom stereocenters. The Labute approximate surface area is 236 Å². The van der Waals surface area contributed by atoms with Crippen LogP contribution in [0.3, 0.4) is 0 Å². The molecule has 0 aliphatic rings. The molecule has 2 amide bonds. The second kappa shape index (κ2) is 13.6. The number of carbonyl (C=O) groups is 2. The summed E-state index contributed by atoms with van der Waals surface area (Å²) in [6.45, 7) is 7.68. The number of nitrogens with one attached hydrogen (secondary N) is 1. The largest absolute Gasteiger partial charge is 0.354 e. The van der Waals surface area contributed by atoms with Crippen LogP contribution in [0.1, 0.15) is 31.9 Å². The van der Waals surface area contributed by atoms with Gasteiger partial charge in [-0.2, -0.15) is 0 Å². The van der Waals surface area contributed by atoms with E-state index in [1.54, 1.807) is 43.3 Å². The zero-order valence-corrected chi connectivity index (χ0v) is 24.4. The first-order valence-corrected chi connectivity index (χ1v) is 14.8. The summed E-state index contributed by atoms with van der Waals surface area (Å²) in [5, 5.41) is 3.08. The van der Waals surface area contributed by atoms with Gasteiger partial charge in [0.2, 0.25) is 11.8 Å². The normalized spacial score (nSPS) is 12.2. The lowest BCUT2D eigenvalue weighted by Gasteiger charge is -2.32. The van der Waals surface area contributed by atoms with E-state index in [0.717, 1.165) is 15.4 Å². The third-order valence-electron chi connectivity index (χ3n) is 6.35. The summed E-state index contributed by atoms with van der Waals surface area (Å²) in [5.41, 5.74) is 2.09. The van der Waals surface area contributed by atoms with Crippen molar-refractivity contribution < 1.29 is 18.0 Å². The summed E-state index contributed by atoms with van der Waals surface area (Å²) < 4.78 is 28.7. The Kier molecular flexibility index (Phi) is 10.5. The van der Waals surface area contributed by atoms with E-state index >= 15 is 0 Å². The Morgan fingerprint density at radius 3 is 2.13 bits per heavy atom. The minimum atomic E-state index is -4.16. The molecule has 3 rings (SSSR count). The minimum absolute atomic E-state index is 0.0411. The molecule has 0 heterocycles. The fourth-order valence-electron chi connectivity index (χ4n) is 4.03. The zero-order valence-electron chi connectivity index (χ0n) is 22.8. The van der Waals surface area contributed by atoms with Gasteiger partial charge < -0.3 is 10.2 Å². The summed E-state index contributed by atoms with van der Waals surface area (Å²) in [5.74, 6) is -0.561. The molecule has 0 spiro atoms. The Balaban J connectivity index is 1.97. The van der Waals surface area contributed by atoms with E-state index in [4.69, 9.17) is 11.6 Å². The molecule has 0 aliphatic carbocycles. The first kappa shape index (κ1) is 30.2. The Hall–Kier alpha value is -3.36. The summed E-state index contributed by atoms with van der Waals surface area (Å²) in [4.78, 5) is 28.4. The number of aryl methyl sites for hydroxylation is 1. The Bertz CT molecular complexity index is 1360. The number of anilines is 1. The molecule has 0 bridgehead atoms. The summed E-state index contributed by atoms with van der Waals surface area (Å²) in [7, 11) is -4.16. The quantitative estimate of drug-likeness (QED) is 0.330.